The molecule has 1 fully saturated rings. The van der Waals surface area contributed by atoms with Crippen LogP contribution < -0.4 is 10.1 Å². The summed E-state index contributed by atoms with van der Waals surface area (Å²) in [5.41, 5.74) is 0. The predicted octanol–water partition coefficient (Wildman–Crippen LogP) is 3.46. The minimum absolute atomic E-state index is 0.200. The van der Waals surface area contributed by atoms with Crippen LogP contribution in [0.25, 0.3) is 10.8 Å². The van der Waals surface area contributed by atoms with Gasteiger partial charge in [-0.2, -0.15) is 0 Å². The van der Waals surface area contributed by atoms with Crippen LogP contribution in [0.1, 0.15) is 32.6 Å². The maximum Gasteiger partial charge on any atom is 0.344 e. The zero-order chi connectivity index (χ0) is 18.4. The van der Waals surface area contributed by atoms with Gasteiger partial charge in [0.05, 0.1) is 0 Å². The van der Waals surface area contributed by atoms with Crippen molar-refractivity contribution in [1.29, 1.82) is 0 Å². The third-order valence-corrected chi connectivity index (χ3v) is 4.82. The Bertz CT molecular complexity index is 765. The van der Waals surface area contributed by atoms with E-state index in [1.165, 1.54) is 0 Å². The number of rotatable bonds is 6. The van der Waals surface area contributed by atoms with Gasteiger partial charge in [0.2, 0.25) is 0 Å². The molecule has 26 heavy (non-hydrogen) atoms. The first-order valence-corrected chi connectivity index (χ1v) is 9.17. The van der Waals surface area contributed by atoms with Gasteiger partial charge in [-0.15, -0.1) is 0 Å². The first kappa shape index (κ1) is 18.2. The van der Waals surface area contributed by atoms with Crippen LogP contribution in [-0.4, -0.2) is 31.1 Å². The van der Waals surface area contributed by atoms with Crippen molar-refractivity contribution < 1.29 is 19.1 Å². The van der Waals surface area contributed by atoms with E-state index in [0.717, 1.165) is 42.4 Å². The molecule has 0 bridgehead atoms. The topological polar surface area (TPSA) is 64.6 Å². The second-order valence-electron chi connectivity index (χ2n) is 6.98. The van der Waals surface area contributed by atoms with Gasteiger partial charge < -0.3 is 14.8 Å². The highest BCUT2D eigenvalue weighted by molar-refractivity contribution is 5.84. The first-order valence-electron chi connectivity index (χ1n) is 9.17. The second-order valence-corrected chi connectivity index (χ2v) is 6.98. The quantitative estimate of drug-likeness (QED) is 0.806. The Balaban J connectivity index is 1.38. The molecule has 2 aromatic rings. The molecular formula is C21H25NO4. The summed E-state index contributed by atoms with van der Waals surface area (Å²) in [5, 5.41) is 5.08. The summed E-state index contributed by atoms with van der Waals surface area (Å²) in [7, 11) is 0. The average Bonchev–Trinajstić information content (AvgIpc) is 2.66. The molecule has 1 aliphatic rings. The van der Waals surface area contributed by atoms with Gasteiger partial charge in [0, 0.05) is 6.04 Å². The van der Waals surface area contributed by atoms with Crippen LogP contribution >= 0.6 is 0 Å². The lowest BCUT2D eigenvalue weighted by Crippen LogP contribution is -2.39. The van der Waals surface area contributed by atoms with Crippen molar-refractivity contribution in [2.75, 3.05) is 13.2 Å². The van der Waals surface area contributed by atoms with E-state index in [-0.39, 0.29) is 25.2 Å². The van der Waals surface area contributed by atoms with Gasteiger partial charge in [-0.25, -0.2) is 4.79 Å². The van der Waals surface area contributed by atoms with E-state index < -0.39 is 5.97 Å². The van der Waals surface area contributed by atoms with Crippen molar-refractivity contribution >= 4 is 22.6 Å². The van der Waals surface area contributed by atoms with Gasteiger partial charge in [-0.1, -0.05) is 37.3 Å². The fourth-order valence-corrected chi connectivity index (χ4v) is 3.26. The van der Waals surface area contributed by atoms with E-state index >= 15 is 0 Å². The molecular weight excluding hydrogens is 330 g/mol. The molecule has 0 aliphatic heterocycles. The maximum atomic E-state index is 11.9. The van der Waals surface area contributed by atoms with E-state index in [2.05, 4.69) is 12.2 Å². The fourth-order valence-electron chi connectivity index (χ4n) is 3.26. The lowest BCUT2D eigenvalue weighted by molar-refractivity contribution is -0.150. The van der Waals surface area contributed by atoms with Crippen LogP contribution in [0.4, 0.5) is 0 Å². The molecule has 2 aromatic carbocycles. The molecule has 1 N–H and O–H groups in total. The molecule has 0 heterocycles. The van der Waals surface area contributed by atoms with Gasteiger partial charge in [0.1, 0.15) is 5.75 Å². The van der Waals surface area contributed by atoms with Crippen LogP contribution in [0.15, 0.2) is 42.5 Å². The Kier molecular flexibility index (Phi) is 6.10. The van der Waals surface area contributed by atoms with Crippen LogP contribution in [0, 0.1) is 5.92 Å². The molecule has 0 aromatic heterocycles. The number of carbonyl (C=O) groups excluding carboxylic acids is 2. The monoisotopic (exact) mass is 355 g/mol. The highest BCUT2D eigenvalue weighted by atomic mass is 16.6. The number of fused-ring (bicyclic) bond motifs is 1. The third-order valence-electron chi connectivity index (χ3n) is 4.82. The number of benzene rings is 2. The molecule has 3 rings (SSSR count). The smallest absolute Gasteiger partial charge is 0.344 e. The van der Waals surface area contributed by atoms with Gasteiger partial charge in [0.15, 0.2) is 13.2 Å². The van der Waals surface area contributed by atoms with Crippen LogP contribution in [0.3, 0.4) is 0 Å². The highest BCUT2D eigenvalue weighted by Gasteiger charge is 2.20. The molecule has 0 radical (unpaired) electrons. The summed E-state index contributed by atoms with van der Waals surface area (Å²) in [6, 6.07) is 13.7. The number of hydrogen-bond acceptors (Lipinski definition) is 4. The Morgan fingerprint density at radius 1 is 1.00 bits per heavy atom. The van der Waals surface area contributed by atoms with Gasteiger partial charge in [0.25, 0.3) is 5.91 Å². The summed E-state index contributed by atoms with van der Waals surface area (Å²) in [4.78, 5) is 23.7. The molecule has 1 amide bonds. The Morgan fingerprint density at radius 3 is 2.50 bits per heavy atom. The highest BCUT2D eigenvalue weighted by Crippen LogP contribution is 2.23. The molecule has 5 heteroatoms. The van der Waals surface area contributed by atoms with Crippen molar-refractivity contribution in [3.63, 3.8) is 0 Å². The van der Waals surface area contributed by atoms with E-state index in [9.17, 15) is 9.59 Å². The van der Waals surface area contributed by atoms with Gasteiger partial charge >= 0.3 is 5.97 Å². The zero-order valence-electron chi connectivity index (χ0n) is 15.1. The largest absolute Gasteiger partial charge is 0.482 e. The van der Waals surface area contributed by atoms with E-state index in [0.29, 0.717) is 5.75 Å². The average molecular weight is 355 g/mol. The number of ether oxygens (including phenoxy) is 2. The first-order chi connectivity index (χ1) is 12.6. The van der Waals surface area contributed by atoms with Crippen LogP contribution in [0.2, 0.25) is 0 Å². The van der Waals surface area contributed by atoms with Crippen molar-refractivity contribution in [2.24, 2.45) is 5.92 Å². The van der Waals surface area contributed by atoms with E-state index in [1.54, 1.807) is 0 Å². The van der Waals surface area contributed by atoms with Crippen molar-refractivity contribution in [3.8, 4) is 5.75 Å². The van der Waals surface area contributed by atoms with E-state index in [1.807, 2.05) is 42.5 Å². The summed E-state index contributed by atoms with van der Waals surface area (Å²) < 4.78 is 10.5. The summed E-state index contributed by atoms with van der Waals surface area (Å²) in [6.07, 6.45) is 4.24. The van der Waals surface area contributed by atoms with Crippen LogP contribution in [0.5, 0.6) is 5.75 Å². The molecule has 5 nitrogen and oxygen atoms in total. The Morgan fingerprint density at radius 2 is 1.73 bits per heavy atom. The summed E-state index contributed by atoms with van der Waals surface area (Å²) in [6.45, 7) is 1.76. The number of carbonyl (C=O) groups is 2. The number of hydrogen-bond donors (Lipinski definition) is 1. The third kappa shape index (κ3) is 5.22. The predicted molar refractivity (Wildman–Crippen MR) is 100.0 cm³/mol. The SMILES string of the molecule is CC1CCC(NC(=O)COC(=O)COc2ccc3ccccc3c2)CC1. The number of esters is 1. The Labute approximate surface area is 153 Å². The lowest BCUT2D eigenvalue weighted by Gasteiger charge is -2.26. The second kappa shape index (κ2) is 8.70. The molecule has 1 aliphatic carbocycles. The van der Waals surface area contributed by atoms with Gasteiger partial charge in [-0.05, 0) is 54.5 Å². The molecule has 0 spiro atoms. The molecule has 1 saturated carbocycles. The number of amides is 1. The zero-order valence-corrected chi connectivity index (χ0v) is 15.1. The summed E-state index contributed by atoms with van der Waals surface area (Å²) >= 11 is 0. The summed E-state index contributed by atoms with van der Waals surface area (Å²) in [5.74, 6) is 0.531. The molecule has 0 atom stereocenters. The van der Waals surface area contributed by atoms with Crippen LogP contribution in [-0.2, 0) is 14.3 Å². The fraction of sp³-hybridized carbons (Fsp3) is 0.429. The lowest BCUT2D eigenvalue weighted by atomic mass is 9.87. The van der Waals surface area contributed by atoms with Crippen molar-refractivity contribution in [3.05, 3.63) is 42.5 Å². The van der Waals surface area contributed by atoms with Gasteiger partial charge in [-0.3, -0.25) is 4.79 Å². The molecule has 138 valence electrons. The minimum atomic E-state index is -0.550. The molecule has 0 saturated heterocycles. The molecule has 0 unspecified atom stereocenters. The van der Waals surface area contributed by atoms with Crippen molar-refractivity contribution in [2.45, 2.75) is 38.6 Å². The van der Waals surface area contributed by atoms with Crippen molar-refractivity contribution in [1.82, 2.24) is 5.32 Å². The standard InChI is InChI=1S/C21H25NO4/c1-15-6-9-18(10-7-15)22-20(23)13-26-21(24)14-25-19-11-8-16-4-2-3-5-17(16)12-19/h2-5,8,11-12,15,18H,6-7,9-10,13-14H2,1H3,(H,22,23). The van der Waals surface area contributed by atoms with E-state index in [4.69, 9.17) is 9.47 Å². The number of nitrogens with one attached hydrogen (secondary N) is 1. The maximum absolute atomic E-state index is 11.9. The minimum Gasteiger partial charge on any atom is -0.482 e. The Hall–Kier alpha value is -2.56. The normalized spacial score (nSPS) is 19.7.